The summed E-state index contributed by atoms with van der Waals surface area (Å²) in [4.78, 5) is 11.3. The first-order valence-electron chi connectivity index (χ1n) is 8.43. The molecular formula is C17H30N2O2S. The van der Waals surface area contributed by atoms with Gasteiger partial charge in [-0.25, -0.2) is 4.79 Å². The van der Waals surface area contributed by atoms with E-state index in [1.807, 2.05) is 12.3 Å². The van der Waals surface area contributed by atoms with Crippen LogP contribution in [0.15, 0.2) is 10.6 Å². The van der Waals surface area contributed by atoms with Crippen molar-refractivity contribution in [3.8, 4) is 5.40 Å². The number of rotatable bonds is 14. The number of carbonyl (C=O) groups is 1. The number of thiocyanates is 1. The van der Waals surface area contributed by atoms with E-state index in [-0.39, 0.29) is 4.91 Å². The number of carboxylic acid groups (broad SMARTS) is 1. The van der Waals surface area contributed by atoms with Gasteiger partial charge >= 0.3 is 5.97 Å². The Morgan fingerprint density at radius 2 is 1.59 bits per heavy atom. The molecule has 0 aromatic rings. The second-order valence-electron chi connectivity index (χ2n) is 5.41. The minimum atomic E-state index is -1.02. The molecule has 0 rings (SSSR count). The van der Waals surface area contributed by atoms with E-state index in [2.05, 4.69) is 12.2 Å². The molecule has 0 radical (unpaired) electrons. The van der Waals surface area contributed by atoms with Crippen LogP contribution in [0.4, 0.5) is 0 Å². The highest BCUT2D eigenvalue weighted by molar-refractivity contribution is 8.08. The number of allylic oxidation sites excluding steroid dienone is 1. The van der Waals surface area contributed by atoms with Crippen molar-refractivity contribution in [2.45, 2.75) is 78.1 Å². The maximum Gasteiger partial charge on any atom is 0.345 e. The van der Waals surface area contributed by atoms with E-state index in [1.54, 1.807) is 0 Å². The second kappa shape index (κ2) is 14.8. The van der Waals surface area contributed by atoms with Gasteiger partial charge in [-0.15, -0.1) is 0 Å². The van der Waals surface area contributed by atoms with Crippen LogP contribution < -0.4 is 5.32 Å². The molecule has 4 nitrogen and oxygen atoms in total. The Morgan fingerprint density at radius 1 is 1.05 bits per heavy atom. The number of nitriles is 1. The Morgan fingerprint density at radius 3 is 2.05 bits per heavy atom. The van der Waals surface area contributed by atoms with Crippen molar-refractivity contribution < 1.29 is 9.90 Å². The molecule has 0 amide bonds. The third-order valence-corrected chi connectivity index (χ3v) is 4.25. The average molecular weight is 327 g/mol. The topological polar surface area (TPSA) is 73.1 Å². The quantitative estimate of drug-likeness (QED) is 0.266. The van der Waals surface area contributed by atoms with Crippen molar-refractivity contribution in [3.05, 3.63) is 10.6 Å². The maximum atomic E-state index is 11.2. The van der Waals surface area contributed by atoms with Crippen LogP contribution in [0.25, 0.3) is 0 Å². The smallest absolute Gasteiger partial charge is 0.345 e. The van der Waals surface area contributed by atoms with Gasteiger partial charge in [-0.1, -0.05) is 58.3 Å². The van der Waals surface area contributed by atoms with Crippen molar-refractivity contribution in [1.82, 2.24) is 5.32 Å². The minimum Gasteiger partial charge on any atom is -0.477 e. The average Bonchev–Trinajstić information content (AvgIpc) is 2.50. The molecule has 0 saturated heterocycles. The van der Waals surface area contributed by atoms with Crippen LogP contribution >= 0.6 is 11.8 Å². The molecule has 5 heteroatoms. The third kappa shape index (κ3) is 10.6. The molecule has 0 aromatic heterocycles. The van der Waals surface area contributed by atoms with E-state index < -0.39 is 5.97 Å². The monoisotopic (exact) mass is 326 g/mol. The Hall–Kier alpha value is -1.15. The number of carboxylic acids is 1. The van der Waals surface area contributed by atoms with Crippen molar-refractivity contribution in [1.29, 1.82) is 5.26 Å². The first kappa shape index (κ1) is 20.9. The van der Waals surface area contributed by atoms with Crippen LogP contribution in [0.1, 0.15) is 78.1 Å². The molecule has 0 fully saturated rings. The van der Waals surface area contributed by atoms with Crippen LogP contribution in [0.5, 0.6) is 0 Å². The summed E-state index contributed by atoms with van der Waals surface area (Å²) in [6, 6.07) is 0. The van der Waals surface area contributed by atoms with Gasteiger partial charge in [0.15, 0.2) is 0 Å². The van der Waals surface area contributed by atoms with E-state index in [0.29, 0.717) is 18.7 Å². The molecule has 2 N–H and O–H groups in total. The number of aliphatic carboxylic acids is 1. The Balaban J connectivity index is 4.03. The van der Waals surface area contributed by atoms with Crippen molar-refractivity contribution in [2.75, 3.05) is 6.54 Å². The molecule has 0 unspecified atom stereocenters. The molecule has 0 aromatic carbocycles. The van der Waals surface area contributed by atoms with Gasteiger partial charge in [0.25, 0.3) is 0 Å². The summed E-state index contributed by atoms with van der Waals surface area (Å²) in [6.45, 7) is 4.84. The van der Waals surface area contributed by atoms with Crippen molar-refractivity contribution >= 4 is 17.7 Å². The molecular weight excluding hydrogens is 296 g/mol. The number of unbranched alkanes of at least 4 members (excludes halogenated alkanes) is 8. The van der Waals surface area contributed by atoms with Gasteiger partial charge in [0.2, 0.25) is 0 Å². The Kier molecular flexibility index (Phi) is 14.0. The molecule has 0 atom stereocenters. The zero-order valence-corrected chi connectivity index (χ0v) is 14.8. The molecule has 126 valence electrons. The van der Waals surface area contributed by atoms with E-state index in [9.17, 15) is 9.90 Å². The van der Waals surface area contributed by atoms with Gasteiger partial charge in [0.1, 0.15) is 10.3 Å². The first-order chi connectivity index (χ1) is 10.7. The summed E-state index contributed by atoms with van der Waals surface area (Å²) in [5, 5.41) is 22.9. The molecule has 0 aliphatic carbocycles. The summed E-state index contributed by atoms with van der Waals surface area (Å²) >= 11 is 0.735. The number of nitrogens with one attached hydrogen (secondary N) is 1. The SMILES string of the molecule is CCCCCCCCCCC/C(NCC)=C(\SC#N)C(=O)O. The zero-order valence-electron chi connectivity index (χ0n) is 14.0. The second-order valence-corrected chi connectivity index (χ2v) is 6.21. The summed E-state index contributed by atoms with van der Waals surface area (Å²) in [7, 11) is 0. The van der Waals surface area contributed by atoms with Crippen LogP contribution in [0.2, 0.25) is 0 Å². The third-order valence-electron chi connectivity index (χ3n) is 3.54. The summed E-state index contributed by atoms with van der Waals surface area (Å²) in [5.74, 6) is -1.02. The molecule has 0 aliphatic heterocycles. The fourth-order valence-corrected chi connectivity index (χ4v) is 2.86. The fraction of sp³-hybridized carbons (Fsp3) is 0.765. The Bertz CT molecular complexity index is 375. The van der Waals surface area contributed by atoms with Crippen molar-refractivity contribution in [2.24, 2.45) is 0 Å². The molecule has 0 heterocycles. The van der Waals surface area contributed by atoms with Crippen LogP contribution in [0, 0.1) is 10.7 Å². The van der Waals surface area contributed by atoms with Crippen LogP contribution in [0.3, 0.4) is 0 Å². The lowest BCUT2D eigenvalue weighted by Crippen LogP contribution is -2.17. The van der Waals surface area contributed by atoms with Crippen LogP contribution in [-0.2, 0) is 4.79 Å². The molecule has 22 heavy (non-hydrogen) atoms. The standard InChI is InChI=1S/C17H30N2O2S/c1-3-5-6-7-8-9-10-11-12-13-15(19-4-2)16(17(20)21)22-14-18/h19H,3-13H2,1-2H3,(H,20,21)/b16-15+. The van der Waals surface area contributed by atoms with E-state index in [4.69, 9.17) is 5.26 Å². The van der Waals surface area contributed by atoms with Gasteiger partial charge < -0.3 is 10.4 Å². The summed E-state index contributed by atoms with van der Waals surface area (Å²) < 4.78 is 0. The van der Waals surface area contributed by atoms with Gasteiger partial charge in [-0.3, -0.25) is 0 Å². The highest BCUT2D eigenvalue weighted by Gasteiger charge is 2.14. The molecule has 0 aliphatic rings. The number of nitrogens with zero attached hydrogens (tertiary/aromatic N) is 1. The number of hydrogen-bond acceptors (Lipinski definition) is 4. The maximum absolute atomic E-state index is 11.2. The number of hydrogen-bond donors (Lipinski definition) is 2. The zero-order chi connectivity index (χ0) is 16.6. The largest absolute Gasteiger partial charge is 0.477 e. The minimum absolute atomic E-state index is 0.143. The summed E-state index contributed by atoms with van der Waals surface area (Å²) in [5.41, 5.74) is 0.699. The van der Waals surface area contributed by atoms with Gasteiger partial charge in [-0.2, -0.15) is 5.26 Å². The predicted octanol–water partition coefficient (Wildman–Crippen LogP) is 5.03. The van der Waals surface area contributed by atoms with Gasteiger partial charge in [0, 0.05) is 12.2 Å². The molecule has 0 saturated carbocycles. The van der Waals surface area contributed by atoms with E-state index in [1.165, 1.54) is 44.9 Å². The predicted molar refractivity (Wildman–Crippen MR) is 93.4 cm³/mol. The van der Waals surface area contributed by atoms with E-state index >= 15 is 0 Å². The molecule has 0 bridgehead atoms. The van der Waals surface area contributed by atoms with Crippen LogP contribution in [-0.4, -0.2) is 17.6 Å². The molecule has 0 spiro atoms. The van der Waals surface area contributed by atoms with Gasteiger partial charge in [-0.05, 0) is 31.5 Å². The lowest BCUT2D eigenvalue weighted by atomic mass is 10.1. The van der Waals surface area contributed by atoms with Crippen molar-refractivity contribution in [3.63, 3.8) is 0 Å². The summed E-state index contributed by atoms with van der Waals surface area (Å²) in [6.07, 6.45) is 11.9. The Labute approximate surface area is 139 Å². The lowest BCUT2D eigenvalue weighted by Gasteiger charge is -2.11. The van der Waals surface area contributed by atoms with E-state index in [0.717, 1.165) is 24.6 Å². The normalized spacial score (nSPS) is 11.7. The lowest BCUT2D eigenvalue weighted by molar-refractivity contribution is -0.131. The highest BCUT2D eigenvalue weighted by Crippen LogP contribution is 2.22. The first-order valence-corrected chi connectivity index (χ1v) is 9.25. The fourth-order valence-electron chi connectivity index (χ4n) is 2.39. The van der Waals surface area contributed by atoms with Gasteiger partial charge in [0.05, 0.1) is 0 Å². The highest BCUT2D eigenvalue weighted by atomic mass is 32.2. The number of thioether (sulfide) groups is 1.